The molecule has 24 heavy (non-hydrogen) atoms. The average Bonchev–Trinajstić information content (AvgIpc) is 3.41. The van der Waals surface area contributed by atoms with Crippen LogP contribution >= 0.6 is 23.2 Å². The normalized spacial score (nSPS) is 17.8. The Kier molecular flexibility index (Phi) is 5.21. The molecule has 1 N–H and O–H groups in total. The van der Waals surface area contributed by atoms with Crippen LogP contribution < -0.4 is 5.32 Å². The lowest BCUT2D eigenvalue weighted by Crippen LogP contribution is -2.52. The Labute approximate surface area is 151 Å². The van der Waals surface area contributed by atoms with Gasteiger partial charge in [0.1, 0.15) is 0 Å². The first kappa shape index (κ1) is 17.4. The minimum absolute atomic E-state index is 0.00119. The first-order chi connectivity index (χ1) is 11.5. The number of hydrogen-bond acceptors (Lipinski definition) is 3. The van der Waals surface area contributed by atoms with Crippen LogP contribution in [0.1, 0.15) is 18.4 Å². The lowest BCUT2D eigenvalue weighted by Gasteiger charge is -2.35. The summed E-state index contributed by atoms with van der Waals surface area (Å²) in [5.41, 5.74) is 1.55. The van der Waals surface area contributed by atoms with E-state index < -0.39 is 0 Å². The van der Waals surface area contributed by atoms with Gasteiger partial charge in [0.05, 0.1) is 17.3 Å². The Bertz CT molecular complexity index is 653. The van der Waals surface area contributed by atoms with E-state index in [1.807, 2.05) is 11.8 Å². The van der Waals surface area contributed by atoms with Gasteiger partial charge in [-0.2, -0.15) is 0 Å². The molecule has 0 spiro atoms. The van der Waals surface area contributed by atoms with Crippen LogP contribution in [0.4, 0.5) is 5.69 Å². The molecule has 5 nitrogen and oxygen atoms in total. The van der Waals surface area contributed by atoms with Gasteiger partial charge < -0.3 is 15.1 Å². The van der Waals surface area contributed by atoms with Crippen molar-refractivity contribution in [1.29, 1.82) is 0 Å². The largest absolute Gasteiger partial charge is 0.375 e. The van der Waals surface area contributed by atoms with E-state index in [0.717, 1.165) is 18.4 Å². The van der Waals surface area contributed by atoms with Gasteiger partial charge in [0.25, 0.3) is 0 Å². The third-order valence-electron chi connectivity index (χ3n) is 4.55. The fraction of sp³-hybridized carbons (Fsp3) is 0.529. The summed E-state index contributed by atoms with van der Waals surface area (Å²) >= 11 is 12.3. The number of nitrogens with zero attached hydrogens (tertiary/aromatic N) is 2. The highest BCUT2D eigenvalue weighted by molar-refractivity contribution is 6.35. The van der Waals surface area contributed by atoms with E-state index in [0.29, 0.717) is 41.9 Å². The molecule has 0 radical (unpaired) electrons. The van der Waals surface area contributed by atoms with Crippen molar-refractivity contribution in [3.63, 3.8) is 0 Å². The highest BCUT2D eigenvalue weighted by Crippen LogP contribution is 2.31. The van der Waals surface area contributed by atoms with Gasteiger partial charge >= 0.3 is 0 Å². The summed E-state index contributed by atoms with van der Waals surface area (Å²) in [7, 11) is 0. The first-order valence-electron chi connectivity index (χ1n) is 8.22. The number of benzene rings is 1. The van der Waals surface area contributed by atoms with E-state index in [1.54, 1.807) is 17.0 Å². The number of carbonyl (C=O) groups is 2. The Morgan fingerprint density at radius 1 is 1.08 bits per heavy atom. The number of carbonyl (C=O) groups excluding carboxylic acids is 2. The zero-order valence-corrected chi connectivity index (χ0v) is 15.2. The summed E-state index contributed by atoms with van der Waals surface area (Å²) < 4.78 is 0. The second kappa shape index (κ2) is 7.19. The van der Waals surface area contributed by atoms with Crippen molar-refractivity contribution < 1.29 is 9.59 Å². The molecule has 0 atom stereocenters. The minimum atomic E-state index is 0.00119. The molecule has 0 bridgehead atoms. The van der Waals surface area contributed by atoms with Crippen LogP contribution in [-0.4, -0.2) is 54.3 Å². The molecule has 0 unspecified atom stereocenters. The summed E-state index contributed by atoms with van der Waals surface area (Å²) in [6.07, 6.45) is 2.03. The van der Waals surface area contributed by atoms with Gasteiger partial charge in [0.2, 0.25) is 11.8 Å². The maximum atomic E-state index is 12.3. The Morgan fingerprint density at radius 2 is 1.71 bits per heavy atom. The summed E-state index contributed by atoms with van der Waals surface area (Å²) in [6.45, 7) is 4.46. The Balaban J connectivity index is 1.49. The second-order valence-electron chi connectivity index (χ2n) is 6.42. The smallest absolute Gasteiger partial charge is 0.241 e. The highest BCUT2D eigenvalue weighted by atomic mass is 35.5. The Hall–Kier alpha value is -1.46. The van der Waals surface area contributed by atoms with Crippen molar-refractivity contribution in [3.8, 4) is 0 Å². The SMILES string of the molecule is Cc1cc(Cl)c(NCC(=O)N2CCN(C(=O)C3CC3)CC2)cc1Cl. The summed E-state index contributed by atoms with van der Waals surface area (Å²) in [6, 6.07) is 3.51. The van der Waals surface area contributed by atoms with Crippen LogP contribution in [0.2, 0.25) is 10.0 Å². The molecule has 130 valence electrons. The third kappa shape index (κ3) is 3.95. The zero-order chi connectivity index (χ0) is 17.3. The Morgan fingerprint density at radius 3 is 2.33 bits per heavy atom. The van der Waals surface area contributed by atoms with Gasteiger partial charge in [0.15, 0.2) is 0 Å². The third-order valence-corrected chi connectivity index (χ3v) is 5.27. The van der Waals surface area contributed by atoms with Gasteiger partial charge in [-0.3, -0.25) is 9.59 Å². The van der Waals surface area contributed by atoms with Gasteiger partial charge in [-0.1, -0.05) is 23.2 Å². The first-order valence-corrected chi connectivity index (χ1v) is 8.97. The molecule has 1 aromatic rings. The van der Waals surface area contributed by atoms with E-state index in [4.69, 9.17) is 23.2 Å². The van der Waals surface area contributed by atoms with Crippen LogP contribution in [0, 0.1) is 12.8 Å². The van der Waals surface area contributed by atoms with Crippen LogP contribution in [0.25, 0.3) is 0 Å². The predicted octanol–water partition coefficient (Wildman–Crippen LogP) is 2.79. The maximum Gasteiger partial charge on any atom is 0.241 e. The number of halogens is 2. The molecule has 1 saturated heterocycles. The van der Waals surface area contributed by atoms with Crippen LogP contribution in [0.5, 0.6) is 0 Å². The summed E-state index contributed by atoms with van der Waals surface area (Å²) in [5, 5.41) is 4.21. The molecule has 2 amide bonds. The molecule has 1 heterocycles. The van der Waals surface area contributed by atoms with E-state index in [9.17, 15) is 9.59 Å². The summed E-state index contributed by atoms with van der Waals surface area (Å²) in [5.74, 6) is 0.491. The molecular weight excluding hydrogens is 349 g/mol. The predicted molar refractivity (Wildman–Crippen MR) is 95.6 cm³/mol. The fourth-order valence-electron chi connectivity index (χ4n) is 2.83. The average molecular weight is 370 g/mol. The number of hydrogen-bond donors (Lipinski definition) is 1. The monoisotopic (exact) mass is 369 g/mol. The summed E-state index contributed by atoms with van der Waals surface area (Å²) in [4.78, 5) is 28.0. The molecule has 1 aliphatic carbocycles. The number of nitrogens with one attached hydrogen (secondary N) is 1. The van der Waals surface area contributed by atoms with Crippen molar-refractivity contribution in [2.45, 2.75) is 19.8 Å². The van der Waals surface area contributed by atoms with E-state index in [2.05, 4.69) is 5.32 Å². The van der Waals surface area contributed by atoms with Crippen LogP contribution in [-0.2, 0) is 9.59 Å². The molecule has 3 rings (SSSR count). The minimum Gasteiger partial charge on any atom is -0.375 e. The number of piperazine rings is 1. The molecule has 1 aromatic carbocycles. The number of rotatable bonds is 4. The molecule has 1 aliphatic heterocycles. The van der Waals surface area contributed by atoms with Crippen molar-refractivity contribution in [2.24, 2.45) is 5.92 Å². The van der Waals surface area contributed by atoms with Crippen molar-refractivity contribution in [1.82, 2.24) is 9.80 Å². The molecule has 1 saturated carbocycles. The standard InChI is InChI=1S/C17H21Cl2N3O2/c1-11-8-14(19)15(9-13(11)18)20-10-16(23)21-4-6-22(7-5-21)17(24)12-2-3-12/h8-9,12,20H,2-7,10H2,1H3. The van der Waals surface area contributed by atoms with E-state index in [-0.39, 0.29) is 24.3 Å². The number of aryl methyl sites for hydroxylation is 1. The van der Waals surface area contributed by atoms with E-state index in [1.165, 1.54) is 0 Å². The van der Waals surface area contributed by atoms with Crippen molar-refractivity contribution in [3.05, 3.63) is 27.7 Å². The van der Waals surface area contributed by atoms with Crippen LogP contribution in [0.3, 0.4) is 0 Å². The van der Waals surface area contributed by atoms with E-state index >= 15 is 0 Å². The topological polar surface area (TPSA) is 52.7 Å². The lowest BCUT2D eigenvalue weighted by molar-refractivity contribution is -0.139. The highest BCUT2D eigenvalue weighted by Gasteiger charge is 2.35. The number of anilines is 1. The molecule has 0 aromatic heterocycles. The maximum absolute atomic E-state index is 12.3. The van der Waals surface area contributed by atoms with Crippen LogP contribution in [0.15, 0.2) is 12.1 Å². The van der Waals surface area contributed by atoms with Crippen molar-refractivity contribution >= 4 is 40.7 Å². The number of amides is 2. The molecular formula is C17H21Cl2N3O2. The molecule has 2 fully saturated rings. The van der Waals surface area contributed by atoms with Gasteiger partial charge in [-0.25, -0.2) is 0 Å². The fourth-order valence-corrected chi connectivity index (χ4v) is 3.28. The lowest BCUT2D eigenvalue weighted by atomic mass is 10.2. The quantitative estimate of drug-likeness (QED) is 0.887. The second-order valence-corrected chi connectivity index (χ2v) is 7.23. The van der Waals surface area contributed by atoms with Gasteiger partial charge in [-0.15, -0.1) is 0 Å². The molecule has 2 aliphatic rings. The van der Waals surface area contributed by atoms with Gasteiger partial charge in [-0.05, 0) is 37.5 Å². The van der Waals surface area contributed by atoms with Gasteiger partial charge in [0, 0.05) is 37.1 Å². The van der Waals surface area contributed by atoms with Crippen molar-refractivity contribution in [2.75, 3.05) is 38.0 Å². The molecule has 7 heteroatoms. The zero-order valence-electron chi connectivity index (χ0n) is 13.6.